The Hall–Kier alpha value is -2.80. The molecule has 2 aromatic heterocycles. The fourth-order valence-electron chi connectivity index (χ4n) is 2.62. The molecule has 0 atom stereocenters. The predicted molar refractivity (Wildman–Crippen MR) is 98.9 cm³/mol. The van der Waals surface area contributed by atoms with E-state index < -0.39 is 0 Å². The minimum Gasteiger partial charge on any atom is -0.337 e. The maximum Gasteiger partial charge on any atom is 0.308 e. The Kier molecular flexibility index (Phi) is 5.27. The predicted octanol–water partition coefficient (Wildman–Crippen LogP) is 3.07. The molecule has 0 radical (unpaired) electrons. The lowest BCUT2D eigenvalue weighted by Crippen LogP contribution is -2.26. The number of pyridine rings is 1. The van der Waals surface area contributed by atoms with Gasteiger partial charge in [0.15, 0.2) is 0 Å². The second-order valence-corrected chi connectivity index (χ2v) is 6.94. The minimum atomic E-state index is -0.316. The third kappa shape index (κ3) is 3.88. The van der Waals surface area contributed by atoms with Crippen molar-refractivity contribution in [3.8, 4) is 0 Å². The van der Waals surface area contributed by atoms with Crippen molar-refractivity contribution in [1.82, 2.24) is 14.5 Å². The standard InChI is InChI=1S/C19H18FN3O2S/c1-13-17(18(24)22(2)11-14-6-8-15(20)9-7-14)26-19(25)23(13)12-16-5-3-4-10-21-16/h3-10H,11-12H2,1-2H3. The molecule has 0 aliphatic carbocycles. The van der Waals surface area contributed by atoms with Gasteiger partial charge in [0.1, 0.15) is 10.7 Å². The number of aromatic nitrogens is 2. The summed E-state index contributed by atoms with van der Waals surface area (Å²) in [5.74, 6) is -0.544. The lowest BCUT2D eigenvalue weighted by molar-refractivity contribution is 0.0788. The first-order chi connectivity index (χ1) is 12.5. The maximum atomic E-state index is 13.0. The summed E-state index contributed by atoms with van der Waals surface area (Å²) in [6.07, 6.45) is 1.67. The van der Waals surface area contributed by atoms with Crippen molar-refractivity contribution >= 4 is 17.2 Å². The third-order valence-electron chi connectivity index (χ3n) is 4.06. The summed E-state index contributed by atoms with van der Waals surface area (Å²) < 4.78 is 14.6. The number of hydrogen-bond donors (Lipinski definition) is 0. The molecule has 3 aromatic rings. The zero-order valence-corrected chi connectivity index (χ0v) is 15.3. The van der Waals surface area contributed by atoms with Crippen molar-refractivity contribution in [1.29, 1.82) is 0 Å². The summed E-state index contributed by atoms with van der Waals surface area (Å²) >= 11 is 0.938. The molecule has 7 heteroatoms. The van der Waals surface area contributed by atoms with Gasteiger partial charge in [-0.05, 0) is 36.8 Å². The van der Waals surface area contributed by atoms with Crippen LogP contribution in [-0.4, -0.2) is 27.4 Å². The van der Waals surface area contributed by atoms with E-state index >= 15 is 0 Å². The number of thiazole rings is 1. The van der Waals surface area contributed by atoms with Crippen molar-refractivity contribution in [3.05, 3.63) is 86.0 Å². The minimum absolute atomic E-state index is 0.188. The summed E-state index contributed by atoms with van der Waals surface area (Å²) in [7, 11) is 1.67. The highest BCUT2D eigenvalue weighted by molar-refractivity contribution is 7.11. The Morgan fingerprint density at radius 3 is 2.62 bits per heavy atom. The molecule has 0 spiro atoms. The fraction of sp³-hybridized carbons (Fsp3) is 0.211. The summed E-state index contributed by atoms with van der Waals surface area (Å²) in [5, 5.41) is 0. The summed E-state index contributed by atoms with van der Waals surface area (Å²) in [5.41, 5.74) is 2.20. The third-order valence-corrected chi connectivity index (χ3v) is 5.13. The molecule has 26 heavy (non-hydrogen) atoms. The van der Waals surface area contributed by atoms with E-state index in [1.165, 1.54) is 17.0 Å². The van der Waals surface area contributed by atoms with Gasteiger partial charge in [-0.15, -0.1) is 0 Å². The average Bonchev–Trinajstić information content (AvgIpc) is 2.92. The van der Waals surface area contributed by atoms with Gasteiger partial charge in [-0.1, -0.05) is 29.5 Å². The number of halogens is 1. The van der Waals surface area contributed by atoms with E-state index in [1.807, 2.05) is 18.2 Å². The van der Waals surface area contributed by atoms with E-state index in [-0.39, 0.29) is 16.6 Å². The van der Waals surface area contributed by atoms with Crippen LogP contribution in [0.1, 0.15) is 26.6 Å². The second-order valence-electron chi connectivity index (χ2n) is 5.98. The van der Waals surface area contributed by atoms with Gasteiger partial charge in [-0.25, -0.2) is 4.39 Å². The summed E-state index contributed by atoms with van der Waals surface area (Å²) in [6.45, 7) is 2.43. The molecule has 0 fully saturated rings. The van der Waals surface area contributed by atoms with E-state index in [2.05, 4.69) is 4.98 Å². The van der Waals surface area contributed by atoms with Crippen LogP contribution >= 0.6 is 11.3 Å². The molecule has 0 aliphatic heterocycles. The average molecular weight is 371 g/mol. The van der Waals surface area contributed by atoms with Crippen LogP contribution in [0, 0.1) is 12.7 Å². The number of benzene rings is 1. The highest BCUT2D eigenvalue weighted by atomic mass is 32.1. The Balaban J connectivity index is 1.80. The molecule has 0 bridgehead atoms. The molecule has 0 unspecified atom stereocenters. The monoisotopic (exact) mass is 371 g/mol. The van der Waals surface area contributed by atoms with E-state index in [0.717, 1.165) is 22.6 Å². The van der Waals surface area contributed by atoms with Gasteiger partial charge in [0.05, 0.1) is 12.2 Å². The van der Waals surface area contributed by atoms with Crippen LogP contribution in [0.15, 0.2) is 53.5 Å². The number of carbonyl (C=O) groups excluding carboxylic acids is 1. The van der Waals surface area contributed by atoms with E-state index in [9.17, 15) is 14.0 Å². The van der Waals surface area contributed by atoms with Gasteiger partial charge >= 0.3 is 4.87 Å². The largest absolute Gasteiger partial charge is 0.337 e. The van der Waals surface area contributed by atoms with Crippen molar-refractivity contribution in [2.75, 3.05) is 7.05 Å². The van der Waals surface area contributed by atoms with Gasteiger partial charge in [-0.2, -0.15) is 0 Å². The zero-order chi connectivity index (χ0) is 18.7. The smallest absolute Gasteiger partial charge is 0.308 e. The van der Waals surface area contributed by atoms with Crippen molar-refractivity contribution in [2.45, 2.75) is 20.0 Å². The number of nitrogens with zero attached hydrogens (tertiary/aromatic N) is 3. The highest BCUT2D eigenvalue weighted by Crippen LogP contribution is 2.17. The summed E-state index contributed by atoms with van der Waals surface area (Å²) in [4.78, 5) is 31.1. The first kappa shape index (κ1) is 18.0. The van der Waals surface area contributed by atoms with Gasteiger partial charge in [0, 0.05) is 25.5 Å². The molecule has 5 nitrogen and oxygen atoms in total. The molecule has 1 amide bonds. The first-order valence-electron chi connectivity index (χ1n) is 8.05. The number of rotatable bonds is 5. The molecular formula is C19H18FN3O2S. The van der Waals surface area contributed by atoms with E-state index in [0.29, 0.717) is 23.7 Å². The van der Waals surface area contributed by atoms with E-state index in [4.69, 9.17) is 0 Å². The van der Waals surface area contributed by atoms with Crippen LogP contribution < -0.4 is 4.87 Å². The maximum absolute atomic E-state index is 13.0. The van der Waals surface area contributed by atoms with Crippen molar-refractivity contribution in [3.63, 3.8) is 0 Å². The Labute approximate surface area is 154 Å². The fourth-order valence-corrected chi connectivity index (χ4v) is 3.61. The van der Waals surface area contributed by atoms with Crippen LogP contribution in [0.25, 0.3) is 0 Å². The van der Waals surface area contributed by atoms with Gasteiger partial charge in [0.25, 0.3) is 5.91 Å². The molecule has 0 N–H and O–H groups in total. The Morgan fingerprint density at radius 1 is 1.23 bits per heavy atom. The van der Waals surface area contributed by atoms with Crippen LogP contribution in [0.5, 0.6) is 0 Å². The molecule has 2 heterocycles. The molecule has 3 rings (SSSR count). The van der Waals surface area contributed by atoms with E-state index in [1.54, 1.807) is 36.9 Å². The topological polar surface area (TPSA) is 55.2 Å². The number of carbonyl (C=O) groups is 1. The van der Waals surface area contributed by atoms with Crippen molar-refractivity contribution < 1.29 is 9.18 Å². The number of amides is 1. The molecule has 0 saturated carbocycles. The molecule has 1 aromatic carbocycles. The number of hydrogen-bond acceptors (Lipinski definition) is 4. The van der Waals surface area contributed by atoms with Gasteiger partial charge < -0.3 is 4.90 Å². The molecule has 134 valence electrons. The first-order valence-corrected chi connectivity index (χ1v) is 8.87. The lowest BCUT2D eigenvalue weighted by Gasteiger charge is -2.17. The Bertz CT molecular complexity index is 965. The zero-order valence-electron chi connectivity index (χ0n) is 14.5. The molecule has 0 aliphatic rings. The SMILES string of the molecule is Cc1c(C(=O)N(C)Cc2ccc(F)cc2)sc(=O)n1Cc1ccccn1. The highest BCUT2D eigenvalue weighted by Gasteiger charge is 2.21. The van der Waals surface area contributed by atoms with Crippen LogP contribution in [0.2, 0.25) is 0 Å². The normalized spacial score (nSPS) is 10.7. The second kappa shape index (κ2) is 7.61. The quantitative estimate of drug-likeness (QED) is 0.693. The Morgan fingerprint density at radius 2 is 1.96 bits per heavy atom. The van der Waals surface area contributed by atoms with Gasteiger partial charge in [0.2, 0.25) is 0 Å². The van der Waals surface area contributed by atoms with Gasteiger partial charge in [-0.3, -0.25) is 19.1 Å². The van der Waals surface area contributed by atoms with Crippen LogP contribution in [-0.2, 0) is 13.1 Å². The van der Waals surface area contributed by atoms with Crippen LogP contribution in [0.4, 0.5) is 4.39 Å². The van der Waals surface area contributed by atoms with Crippen molar-refractivity contribution in [2.24, 2.45) is 0 Å². The molecule has 0 saturated heterocycles. The lowest BCUT2D eigenvalue weighted by atomic mass is 10.2. The summed E-state index contributed by atoms with van der Waals surface area (Å²) in [6, 6.07) is 11.5. The van der Waals surface area contributed by atoms with Crippen LogP contribution in [0.3, 0.4) is 0 Å². The molecular weight excluding hydrogens is 353 g/mol.